The molecule has 2 heterocycles. The number of hydrogen-bond donors (Lipinski definition) is 2. The Kier molecular flexibility index (Phi) is 14.2. The number of amides is 4. The van der Waals surface area contributed by atoms with Crippen molar-refractivity contribution in [2.75, 3.05) is 91.1 Å². The maximum absolute atomic E-state index is 12.9. The quantitative estimate of drug-likeness (QED) is 0.118. The first kappa shape index (κ1) is 32.1. The van der Waals surface area contributed by atoms with Crippen LogP contribution in [0, 0.1) is 12.3 Å². The summed E-state index contributed by atoms with van der Waals surface area (Å²) in [5.74, 6) is 0.262. The van der Waals surface area contributed by atoms with Crippen LogP contribution in [0.1, 0.15) is 33.6 Å². The van der Waals surface area contributed by atoms with E-state index in [0.717, 1.165) is 4.90 Å². The number of rotatable bonds is 21. The molecule has 0 bridgehead atoms. The van der Waals surface area contributed by atoms with E-state index in [9.17, 15) is 19.2 Å². The minimum atomic E-state index is -0.986. The topological polar surface area (TPSA) is 151 Å². The molecule has 4 amide bonds. The number of fused-ring (bicyclic) bond motifs is 1. The van der Waals surface area contributed by atoms with E-state index in [-0.39, 0.29) is 30.6 Å². The van der Waals surface area contributed by atoms with Crippen LogP contribution in [0.25, 0.3) is 0 Å². The van der Waals surface area contributed by atoms with Gasteiger partial charge >= 0.3 is 0 Å². The molecule has 0 saturated carbocycles. The second-order valence-corrected chi connectivity index (χ2v) is 8.95. The van der Waals surface area contributed by atoms with Crippen LogP contribution in [0.5, 0.6) is 0 Å². The average molecular weight is 576 g/mol. The number of carbonyl (C=O) groups excluding carboxylic acids is 4. The fourth-order valence-electron chi connectivity index (χ4n) is 4.08. The summed E-state index contributed by atoms with van der Waals surface area (Å²) in [4.78, 5) is 50.2. The van der Waals surface area contributed by atoms with E-state index in [2.05, 4.69) is 16.6 Å². The average Bonchev–Trinajstić information content (AvgIpc) is 3.21. The molecule has 13 nitrogen and oxygen atoms in total. The molecule has 1 aromatic rings. The van der Waals surface area contributed by atoms with Gasteiger partial charge in [0, 0.05) is 18.7 Å². The molecule has 0 spiro atoms. The third-order valence-electron chi connectivity index (χ3n) is 6.06. The highest BCUT2D eigenvalue weighted by molar-refractivity contribution is 6.23. The first-order valence-electron chi connectivity index (χ1n) is 13.5. The second kappa shape index (κ2) is 18.1. The summed E-state index contributed by atoms with van der Waals surface area (Å²) in [5, 5.41) is 5.34. The monoisotopic (exact) mass is 575 g/mol. The molecule has 0 aliphatic carbocycles. The molecule has 1 atom stereocenters. The summed E-state index contributed by atoms with van der Waals surface area (Å²) in [6.07, 6.45) is 5.27. The van der Waals surface area contributed by atoms with Crippen LogP contribution < -0.4 is 10.6 Å². The predicted molar refractivity (Wildman–Crippen MR) is 145 cm³/mol. The first-order valence-corrected chi connectivity index (χ1v) is 13.5. The molecule has 0 radical (unpaired) electrons. The highest BCUT2D eigenvalue weighted by Crippen LogP contribution is 2.29. The van der Waals surface area contributed by atoms with Gasteiger partial charge in [-0.15, -0.1) is 6.42 Å². The van der Waals surface area contributed by atoms with Gasteiger partial charge in [-0.3, -0.25) is 29.4 Å². The van der Waals surface area contributed by atoms with Crippen LogP contribution in [0.2, 0.25) is 0 Å². The molecule has 0 aromatic heterocycles. The highest BCUT2D eigenvalue weighted by atomic mass is 16.6. The van der Waals surface area contributed by atoms with E-state index in [4.69, 9.17) is 34.8 Å². The lowest BCUT2D eigenvalue weighted by molar-refractivity contribution is -0.136. The fourth-order valence-corrected chi connectivity index (χ4v) is 4.08. The summed E-state index contributed by atoms with van der Waals surface area (Å²) >= 11 is 0. The summed E-state index contributed by atoms with van der Waals surface area (Å²) in [5.41, 5.74) is 1.11. The van der Waals surface area contributed by atoms with Crippen LogP contribution in [-0.4, -0.2) is 120 Å². The van der Waals surface area contributed by atoms with Crippen molar-refractivity contribution in [3.8, 4) is 12.3 Å². The van der Waals surface area contributed by atoms with E-state index in [1.807, 2.05) is 0 Å². The van der Waals surface area contributed by atoms with Gasteiger partial charge in [0.05, 0.1) is 83.8 Å². The first-order chi connectivity index (χ1) is 20.0. The maximum Gasteiger partial charge on any atom is 0.262 e. The zero-order chi connectivity index (χ0) is 29.3. The van der Waals surface area contributed by atoms with E-state index < -0.39 is 29.7 Å². The van der Waals surface area contributed by atoms with Crippen LogP contribution >= 0.6 is 0 Å². The number of nitrogens with zero attached hydrogens (tertiary/aromatic N) is 1. The molecule has 2 N–H and O–H groups in total. The van der Waals surface area contributed by atoms with Crippen LogP contribution in [0.3, 0.4) is 0 Å². The molecule has 2 aliphatic rings. The number of benzene rings is 1. The SMILES string of the molecule is C#CCOCCOCCOCCOCCOCCOCCNc1ccc2c(c1)C(=O)N(C1CCC(=O)NC1=O)C2=O. The number of nitrogens with one attached hydrogen (secondary N) is 2. The van der Waals surface area contributed by atoms with Gasteiger partial charge in [-0.2, -0.15) is 0 Å². The number of piperidine rings is 1. The summed E-state index contributed by atoms with van der Waals surface area (Å²) < 4.78 is 32.2. The number of ether oxygens (including phenoxy) is 6. The summed E-state index contributed by atoms with van der Waals surface area (Å²) in [7, 11) is 0. The Balaban J connectivity index is 1.17. The second-order valence-electron chi connectivity index (χ2n) is 8.95. The molecule has 224 valence electrons. The van der Waals surface area contributed by atoms with E-state index in [1.54, 1.807) is 18.2 Å². The van der Waals surface area contributed by atoms with Crippen molar-refractivity contribution in [1.82, 2.24) is 10.2 Å². The van der Waals surface area contributed by atoms with Crippen molar-refractivity contribution in [2.45, 2.75) is 18.9 Å². The van der Waals surface area contributed by atoms with Crippen LogP contribution in [0.15, 0.2) is 18.2 Å². The van der Waals surface area contributed by atoms with Crippen LogP contribution in [0.4, 0.5) is 5.69 Å². The minimum absolute atomic E-state index is 0.0780. The van der Waals surface area contributed by atoms with E-state index in [0.29, 0.717) is 84.9 Å². The van der Waals surface area contributed by atoms with Gasteiger partial charge in [0.2, 0.25) is 11.8 Å². The molecule has 1 fully saturated rings. The number of anilines is 1. The Morgan fingerprint density at radius 3 is 1.88 bits per heavy atom. The number of imide groups is 2. The highest BCUT2D eigenvalue weighted by Gasteiger charge is 2.44. The Morgan fingerprint density at radius 2 is 1.32 bits per heavy atom. The lowest BCUT2D eigenvalue weighted by Gasteiger charge is -2.27. The largest absolute Gasteiger partial charge is 0.383 e. The van der Waals surface area contributed by atoms with Gasteiger partial charge in [0.1, 0.15) is 12.6 Å². The molecule has 1 aromatic carbocycles. The van der Waals surface area contributed by atoms with Gasteiger partial charge in [-0.25, -0.2) is 0 Å². The van der Waals surface area contributed by atoms with Crippen molar-refractivity contribution >= 4 is 29.3 Å². The molecule has 2 aliphatic heterocycles. The Morgan fingerprint density at radius 1 is 0.780 bits per heavy atom. The van der Waals surface area contributed by atoms with Crippen molar-refractivity contribution in [3.63, 3.8) is 0 Å². The lowest BCUT2D eigenvalue weighted by atomic mass is 10.0. The van der Waals surface area contributed by atoms with Crippen molar-refractivity contribution in [3.05, 3.63) is 29.3 Å². The third-order valence-corrected chi connectivity index (χ3v) is 6.06. The molecular formula is C28H37N3O10. The summed E-state index contributed by atoms with van der Waals surface area (Å²) in [6, 6.07) is 3.85. The zero-order valence-corrected chi connectivity index (χ0v) is 23.0. The Bertz CT molecular complexity index is 1070. The number of hydrogen-bond acceptors (Lipinski definition) is 11. The molecule has 1 saturated heterocycles. The van der Waals surface area contributed by atoms with Crippen LogP contribution in [-0.2, 0) is 38.0 Å². The molecule has 41 heavy (non-hydrogen) atoms. The third kappa shape index (κ3) is 10.5. The Labute approximate surface area is 239 Å². The fraction of sp³-hybridized carbons (Fsp3) is 0.571. The number of terminal acetylenes is 1. The molecule has 1 unspecified atom stereocenters. The predicted octanol–water partition coefficient (Wildman–Crippen LogP) is 0.233. The maximum atomic E-state index is 12.9. The van der Waals surface area contributed by atoms with Gasteiger partial charge in [0.25, 0.3) is 11.8 Å². The van der Waals surface area contributed by atoms with Crippen molar-refractivity contribution in [2.24, 2.45) is 0 Å². The molecular weight excluding hydrogens is 538 g/mol. The Hall–Kier alpha value is -3.38. The van der Waals surface area contributed by atoms with E-state index in [1.165, 1.54) is 0 Å². The normalized spacial score (nSPS) is 16.6. The lowest BCUT2D eigenvalue weighted by Crippen LogP contribution is -2.54. The van der Waals surface area contributed by atoms with Crippen molar-refractivity contribution < 1.29 is 47.6 Å². The minimum Gasteiger partial charge on any atom is -0.383 e. The van der Waals surface area contributed by atoms with Gasteiger partial charge in [-0.1, -0.05) is 5.92 Å². The standard InChI is InChI=1S/C28H37N3O10/c1-2-8-36-10-12-38-14-16-40-18-19-41-17-15-39-13-11-37-9-7-29-21-3-4-22-23(20-21)28(35)31(27(22)34)24-5-6-25(32)30-26(24)33/h1,3-4,20,24,29H,5-19H2,(H,30,32,33). The smallest absolute Gasteiger partial charge is 0.262 e. The summed E-state index contributed by atoms with van der Waals surface area (Å²) in [6.45, 7) is 5.76. The molecule has 13 heteroatoms. The number of carbonyl (C=O) groups is 4. The van der Waals surface area contributed by atoms with Gasteiger partial charge in [-0.05, 0) is 24.6 Å². The zero-order valence-electron chi connectivity index (χ0n) is 23.0. The van der Waals surface area contributed by atoms with Crippen molar-refractivity contribution in [1.29, 1.82) is 0 Å². The molecule has 3 rings (SSSR count). The van der Waals surface area contributed by atoms with Gasteiger partial charge < -0.3 is 33.7 Å². The van der Waals surface area contributed by atoms with E-state index >= 15 is 0 Å². The van der Waals surface area contributed by atoms with Gasteiger partial charge in [0.15, 0.2) is 0 Å².